The minimum atomic E-state index is -0.812. The Bertz CT molecular complexity index is 1230. The number of amides is 1. The zero-order chi connectivity index (χ0) is 24.2. The second-order valence-corrected chi connectivity index (χ2v) is 8.30. The highest BCUT2D eigenvalue weighted by molar-refractivity contribution is 6.51. The van der Waals surface area contributed by atoms with Crippen molar-refractivity contribution in [3.8, 4) is 5.75 Å². The number of hydrogen-bond donors (Lipinski definition) is 1. The molecule has 3 aromatic rings. The summed E-state index contributed by atoms with van der Waals surface area (Å²) in [6.07, 6.45) is 3.20. The predicted molar refractivity (Wildman–Crippen MR) is 132 cm³/mol. The first-order chi connectivity index (χ1) is 16.4. The monoisotopic (exact) mass is 454 g/mol. The largest absolute Gasteiger partial charge is 0.507 e. The molecule has 0 bridgehead atoms. The number of anilines is 1. The second kappa shape index (κ2) is 9.75. The molecule has 1 amide bonds. The Kier molecular flexibility index (Phi) is 6.59. The van der Waals surface area contributed by atoms with Crippen molar-refractivity contribution in [2.75, 3.05) is 11.5 Å². The molecule has 34 heavy (non-hydrogen) atoms. The molecule has 1 aromatic heterocycles. The predicted octanol–water partition coefficient (Wildman–Crippen LogP) is 5.40. The van der Waals surface area contributed by atoms with Crippen molar-refractivity contribution in [2.24, 2.45) is 0 Å². The van der Waals surface area contributed by atoms with E-state index in [2.05, 4.69) is 25.4 Å². The van der Waals surface area contributed by atoms with Gasteiger partial charge in [0.1, 0.15) is 23.9 Å². The maximum Gasteiger partial charge on any atom is 0.301 e. The smallest absolute Gasteiger partial charge is 0.301 e. The molecule has 0 aliphatic carbocycles. The molecule has 2 heterocycles. The molecule has 6 nitrogen and oxygen atoms in total. The summed E-state index contributed by atoms with van der Waals surface area (Å²) in [7, 11) is 0. The first kappa shape index (κ1) is 23.0. The lowest BCUT2D eigenvalue weighted by atomic mass is 9.93. The molecule has 0 radical (unpaired) electrons. The molecular weight excluding hydrogens is 428 g/mol. The average molecular weight is 455 g/mol. The number of Topliss-reactive ketones (excluding diaryl/α,β-unsaturated/α-hetero) is 1. The summed E-state index contributed by atoms with van der Waals surface area (Å²) in [6.45, 7) is 8.17. The molecule has 6 heteroatoms. The van der Waals surface area contributed by atoms with E-state index in [0.29, 0.717) is 35.2 Å². The van der Waals surface area contributed by atoms with Gasteiger partial charge in [-0.3, -0.25) is 14.5 Å². The molecule has 0 saturated carbocycles. The van der Waals surface area contributed by atoms with Gasteiger partial charge in [-0.25, -0.2) is 4.98 Å². The number of carbonyl (C=O) groups excluding carboxylic acids is 2. The third-order valence-corrected chi connectivity index (χ3v) is 5.76. The Morgan fingerprint density at radius 2 is 1.79 bits per heavy atom. The van der Waals surface area contributed by atoms with E-state index in [4.69, 9.17) is 4.74 Å². The van der Waals surface area contributed by atoms with Crippen LogP contribution in [0.15, 0.2) is 91.2 Å². The van der Waals surface area contributed by atoms with E-state index in [9.17, 15) is 14.7 Å². The summed E-state index contributed by atoms with van der Waals surface area (Å²) in [5, 5.41) is 11.2. The number of aliphatic hydroxyl groups excluding tert-OH is 1. The number of ether oxygens (including phenoxy) is 1. The van der Waals surface area contributed by atoms with Gasteiger partial charge in [-0.1, -0.05) is 56.8 Å². The Hall–Kier alpha value is -4.19. The second-order valence-electron chi connectivity index (χ2n) is 8.30. The van der Waals surface area contributed by atoms with Crippen LogP contribution >= 0.6 is 0 Å². The number of aliphatic hydroxyl groups is 1. The SMILES string of the molecule is C=CCOc1ccc(/C(O)=C2\C(=O)C(=O)N(c3ccccn3)C2c2ccc(C(C)C)cc2)cc1. The standard InChI is InChI=1S/C28H26N2O4/c1-4-17-34-22-14-12-21(13-15-22)26(31)24-25(20-10-8-19(9-11-20)18(2)3)30(28(33)27(24)32)23-7-5-6-16-29-23/h4-16,18,25,31H,1,17H2,2-3H3/b26-24+. The van der Waals surface area contributed by atoms with Gasteiger partial charge in [-0.2, -0.15) is 0 Å². The van der Waals surface area contributed by atoms with Gasteiger partial charge in [0, 0.05) is 11.8 Å². The highest BCUT2D eigenvalue weighted by Gasteiger charge is 2.47. The van der Waals surface area contributed by atoms with Gasteiger partial charge in [0.2, 0.25) is 0 Å². The van der Waals surface area contributed by atoms with Crippen molar-refractivity contribution >= 4 is 23.3 Å². The fourth-order valence-electron chi connectivity index (χ4n) is 3.96. The van der Waals surface area contributed by atoms with E-state index in [0.717, 1.165) is 5.56 Å². The minimum Gasteiger partial charge on any atom is -0.507 e. The number of aromatic nitrogens is 1. The van der Waals surface area contributed by atoms with Crippen molar-refractivity contribution in [3.63, 3.8) is 0 Å². The number of nitrogens with zero attached hydrogens (tertiary/aromatic N) is 2. The molecule has 2 aromatic carbocycles. The number of pyridine rings is 1. The summed E-state index contributed by atoms with van der Waals surface area (Å²) in [4.78, 5) is 32.0. The zero-order valence-corrected chi connectivity index (χ0v) is 19.1. The van der Waals surface area contributed by atoms with Crippen LogP contribution in [0, 0.1) is 0 Å². The van der Waals surface area contributed by atoms with Crippen LogP contribution < -0.4 is 9.64 Å². The fourth-order valence-corrected chi connectivity index (χ4v) is 3.96. The van der Waals surface area contributed by atoms with Crippen LogP contribution in [0.2, 0.25) is 0 Å². The van der Waals surface area contributed by atoms with Crippen molar-refractivity contribution in [1.82, 2.24) is 4.98 Å². The van der Waals surface area contributed by atoms with Gasteiger partial charge < -0.3 is 9.84 Å². The summed E-state index contributed by atoms with van der Waals surface area (Å²) < 4.78 is 5.50. The lowest BCUT2D eigenvalue weighted by Gasteiger charge is -2.24. The number of hydrogen-bond acceptors (Lipinski definition) is 5. The third kappa shape index (κ3) is 4.35. The van der Waals surface area contributed by atoms with Gasteiger partial charge in [0.25, 0.3) is 5.78 Å². The van der Waals surface area contributed by atoms with E-state index >= 15 is 0 Å². The van der Waals surface area contributed by atoms with Gasteiger partial charge in [0.05, 0.1) is 11.6 Å². The van der Waals surface area contributed by atoms with Crippen LogP contribution in [0.25, 0.3) is 5.76 Å². The van der Waals surface area contributed by atoms with Crippen molar-refractivity contribution in [2.45, 2.75) is 25.8 Å². The van der Waals surface area contributed by atoms with Crippen LogP contribution in [0.5, 0.6) is 5.75 Å². The molecule has 1 atom stereocenters. The Morgan fingerprint density at radius 1 is 1.09 bits per heavy atom. The van der Waals surface area contributed by atoms with Gasteiger partial charge in [-0.15, -0.1) is 0 Å². The van der Waals surface area contributed by atoms with E-state index in [1.807, 2.05) is 24.3 Å². The van der Waals surface area contributed by atoms with Crippen molar-refractivity contribution in [3.05, 3.63) is 108 Å². The molecule has 1 fully saturated rings. The van der Waals surface area contributed by atoms with Crippen molar-refractivity contribution < 1.29 is 19.4 Å². The Labute approximate surface area is 198 Å². The average Bonchev–Trinajstić information content (AvgIpc) is 3.13. The maximum absolute atomic E-state index is 13.2. The molecule has 1 unspecified atom stereocenters. The molecule has 0 spiro atoms. The van der Waals surface area contributed by atoms with Gasteiger partial charge >= 0.3 is 5.91 Å². The maximum atomic E-state index is 13.2. The Balaban J connectivity index is 1.84. The highest BCUT2D eigenvalue weighted by atomic mass is 16.5. The normalized spacial score (nSPS) is 17.3. The lowest BCUT2D eigenvalue weighted by Crippen LogP contribution is -2.30. The molecule has 172 valence electrons. The van der Waals surface area contributed by atoms with Crippen LogP contribution in [0.1, 0.15) is 42.5 Å². The van der Waals surface area contributed by atoms with Gasteiger partial charge in [-0.05, 0) is 53.4 Å². The number of benzene rings is 2. The minimum absolute atomic E-state index is 0.0210. The van der Waals surface area contributed by atoms with Crippen LogP contribution in [0.3, 0.4) is 0 Å². The molecule has 1 aliphatic rings. The molecule has 1 saturated heterocycles. The number of ketones is 1. The van der Waals surface area contributed by atoms with E-state index < -0.39 is 17.7 Å². The molecular formula is C28H26N2O4. The Morgan fingerprint density at radius 3 is 2.38 bits per heavy atom. The summed E-state index contributed by atoms with van der Waals surface area (Å²) in [5.41, 5.74) is 2.27. The summed E-state index contributed by atoms with van der Waals surface area (Å²) in [5.74, 6) is -0.457. The lowest BCUT2D eigenvalue weighted by molar-refractivity contribution is -0.132. The van der Waals surface area contributed by atoms with Crippen LogP contribution in [-0.2, 0) is 9.59 Å². The fraction of sp³-hybridized carbons (Fsp3) is 0.179. The van der Waals surface area contributed by atoms with E-state index in [1.165, 1.54) is 4.90 Å². The van der Waals surface area contributed by atoms with Crippen LogP contribution in [-0.4, -0.2) is 28.4 Å². The molecule has 1 N–H and O–H groups in total. The van der Waals surface area contributed by atoms with Gasteiger partial charge in [0.15, 0.2) is 0 Å². The molecule has 4 rings (SSSR count). The topological polar surface area (TPSA) is 79.7 Å². The number of carbonyl (C=O) groups is 2. The van der Waals surface area contributed by atoms with Crippen LogP contribution in [0.4, 0.5) is 5.82 Å². The first-order valence-electron chi connectivity index (χ1n) is 11.1. The van der Waals surface area contributed by atoms with E-state index in [-0.39, 0.29) is 11.3 Å². The third-order valence-electron chi connectivity index (χ3n) is 5.76. The number of rotatable bonds is 7. The van der Waals surface area contributed by atoms with E-state index in [1.54, 1.807) is 54.7 Å². The first-order valence-corrected chi connectivity index (χ1v) is 11.1. The summed E-state index contributed by atoms with van der Waals surface area (Å²) >= 11 is 0. The molecule has 1 aliphatic heterocycles. The summed E-state index contributed by atoms with van der Waals surface area (Å²) in [6, 6.07) is 18.8. The van der Waals surface area contributed by atoms with Crippen molar-refractivity contribution in [1.29, 1.82) is 0 Å². The highest BCUT2D eigenvalue weighted by Crippen LogP contribution is 2.41. The quantitative estimate of drug-likeness (QED) is 0.224. The zero-order valence-electron chi connectivity index (χ0n) is 19.1.